The summed E-state index contributed by atoms with van der Waals surface area (Å²) in [6.07, 6.45) is 2.58. The summed E-state index contributed by atoms with van der Waals surface area (Å²) in [5, 5.41) is 1.94. The number of nitrogens with zero attached hydrogens (tertiary/aromatic N) is 1. The lowest BCUT2D eigenvalue weighted by Crippen LogP contribution is -2.47. The molecule has 0 aliphatic carbocycles. The van der Waals surface area contributed by atoms with Gasteiger partial charge in [-0.1, -0.05) is 0 Å². The highest BCUT2D eigenvalue weighted by Gasteiger charge is 2.13. The van der Waals surface area contributed by atoms with Crippen LogP contribution >= 0.6 is 0 Å². The number of hydrazine groups is 1. The summed E-state index contributed by atoms with van der Waals surface area (Å²) < 4.78 is 0. The number of amides is 1. The Morgan fingerprint density at radius 3 is 3.09 bits per heavy atom. The van der Waals surface area contributed by atoms with Gasteiger partial charge in [-0.3, -0.25) is 10.2 Å². The fraction of sp³-hybridized carbons (Fsp3) is 0.857. The first-order chi connectivity index (χ1) is 5.33. The topological polar surface area (TPSA) is 58.4 Å². The minimum absolute atomic E-state index is 0.133. The van der Waals surface area contributed by atoms with Crippen LogP contribution in [0.3, 0.4) is 0 Å². The molecule has 4 heteroatoms. The summed E-state index contributed by atoms with van der Waals surface area (Å²) in [5.74, 6) is 0.133. The average Bonchev–Trinajstić information content (AvgIpc) is 2.01. The Morgan fingerprint density at radius 2 is 2.45 bits per heavy atom. The van der Waals surface area contributed by atoms with Gasteiger partial charge in [0.05, 0.1) is 0 Å². The highest BCUT2D eigenvalue weighted by atomic mass is 16.2. The van der Waals surface area contributed by atoms with Gasteiger partial charge in [-0.25, -0.2) is 5.01 Å². The monoisotopic (exact) mass is 157 g/mol. The Bertz CT molecular complexity index is 138. The van der Waals surface area contributed by atoms with Crippen molar-refractivity contribution in [1.82, 2.24) is 10.4 Å². The van der Waals surface area contributed by atoms with Gasteiger partial charge in [0, 0.05) is 19.5 Å². The molecule has 1 aliphatic rings. The van der Waals surface area contributed by atoms with E-state index in [-0.39, 0.29) is 5.91 Å². The molecule has 1 amide bonds. The molecule has 0 spiro atoms. The first kappa shape index (κ1) is 8.49. The standard InChI is InChI=1S/C7H15N3O/c8-4-2-6-10-5-1-3-7(11)9-10/h1-6,8H2,(H,9,11). The van der Waals surface area contributed by atoms with E-state index < -0.39 is 0 Å². The molecule has 0 bridgehead atoms. The van der Waals surface area contributed by atoms with Crippen LogP contribution in [0, 0.1) is 0 Å². The van der Waals surface area contributed by atoms with Crippen molar-refractivity contribution in [3.63, 3.8) is 0 Å². The molecule has 1 rings (SSSR count). The van der Waals surface area contributed by atoms with Crippen LogP contribution in [0.1, 0.15) is 19.3 Å². The van der Waals surface area contributed by atoms with Crippen molar-refractivity contribution in [2.75, 3.05) is 19.6 Å². The largest absolute Gasteiger partial charge is 0.330 e. The van der Waals surface area contributed by atoms with Crippen LogP contribution in [0.2, 0.25) is 0 Å². The Morgan fingerprint density at radius 1 is 1.64 bits per heavy atom. The Balaban J connectivity index is 2.17. The van der Waals surface area contributed by atoms with Crippen molar-refractivity contribution in [3.8, 4) is 0 Å². The molecule has 1 fully saturated rings. The molecule has 3 N–H and O–H groups in total. The third-order valence-corrected chi connectivity index (χ3v) is 1.75. The predicted octanol–water partition coefficient (Wildman–Crippen LogP) is -0.538. The van der Waals surface area contributed by atoms with E-state index in [1.807, 2.05) is 5.01 Å². The smallest absolute Gasteiger partial charge is 0.234 e. The molecule has 1 saturated heterocycles. The van der Waals surface area contributed by atoms with Crippen molar-refractivity contribution in [3.05, 3.63) is 0 Å². The van der Waals surface area contributed by atoms with E-state index in [4.69, 9.17) is 5.73 Å². The van der Waals surface area contributed by atoms with Crippen LogP contribution < -0.4 is 11.2 Å². The maximum Gasteiger partial charge on any atom is 0.234 e. The van der Waals surface area contributed by atoms with Gasteiger partial charge in [-0.05, 0) is 19.4 Å². The second-order valence-electron chi connectivity index (χ2n) is 2.77. The molecule has 0 aromatic carbocycles. The lowest BCUT2D eigenvalue weighted by atomic mass is 10.2. The number of carbonyl (C=O) groups excluding carboxylic acids is 1. The summed E-state index contributed by atoms with van der Waals surface area (Å²) >= 11 is 0. The number of nitrogens with two attached hydrogens (primary N) is 1. The zero-order valence-electron chi connectivity index (χ0n) is 6.68. The second-order valence-corrected chi connectivity index (χ2v) is 2.77. The fourth-order valence-electron chi connectivity index (χ4n) is 1.17. The van der Waals surface area contributed by atoms with Crippen LogP contribution in [-0.4, -0.2) is 30.6 Å². The third kappa shape index (κ3) is 2.86. The maximum absolute atomic E-state index is 10.9. The van der Waals surface area contributed by atoms with Gasteiger partial charge >= 0.3 is 0 Å². The minimum Gasteiger partial charge on any atom is -0.330 e. The minimum atomic E-state index is 0.133. The molecule has 64 valence electrons. The zero-order chi connectivity index (χ0) is 8.10. The van der Waals surface area contributed by atoms with Gasteiger partial charge in [0.25, 0.3) is 0 Å². The number of nitrogens with one attached hydrogen (secondary N) is 1. The summed E-state index contributed by atoms with van der Waals surface area (Å²) in [5.41, 5.74) is 8.13. The summed E-state index contributed by atoms with van der Waals surface area (Å²) in [4.78, 5) is 10.9. The SMILES string of the molecule is NCCCN1CCCC(=O)N1. The summed E-state index contributed by atoms with van der Waals surface area (Å²) in [6.45, 7) is 2.53. The first-order valence-corrected chi connectivity index (χ1v) is 4.07. The second kappa shape index (κ2) is 4.31. The van der Waals surface area contributed by atoms with Crippen molar-refractivity contribution < 1.29 is 4.79 Å². The third-order valence-electron chi connectivity index (χ3n) is 1.75. The molecular formula is C7H15N3O. The summed E-state index contributed by atoms with van der Waals surface area (Å²) in [6, 6.07) is 0. The van der Waals surface area contributed by atoms with Crippen molar-refractivity contribution >= 4 is 5.91 Å². The lowest BCUT2D eigenvalue weighted by molar-refractivity contribution is -0.128. The van der Waals surface area contributed by atoms with Gasteiger partial charge in [-0.15, -0.1) is 0 Å². The highest BCUT2D eigenvalue weighted by molar-refractivity contribution is 5.75. The fourth-order valence-corrected chi connectivity index (χ4v) is 1.17. The summed E-state index contributed by atoms with van der Waals surface area (Å²) in [7, 11) is 0. The molecule has 0 saturated carbocycles. The molecule has 0 aromatic rings. The lowest BCUT2D eigenvalue weighted by Gasteiger charge is -2.26. The maximum atomic E-state index is 10.9. The molecule has 0 radical (unpaired) electrons. The van der Waals surface area contributed by atoms with E-state index in [2.05, 4.69) is 5.43 Å². The normalized spacial score (nSPS) is 19.9. The van der Waals surface area contributed by atoms with Crippen LogP contribution in [0.25, 0.3) is 0 Å². The van der Waals surface area contributed by atoms with E-state index in [1.165, 1.54) is 0 Å². The van der Waals surface area contributed by atoms with Crippen molar-refractivity contribution in [2.24, 2.45) is 5.73 Å². The van der Waals surface area contributed by atoms with Gasteiger partial charge in [0.1, 0.15) is 0 Å². The van der Waals surface area contributed by atoms with E-state index >= 15 is 0 Å². The number of hydrogen-bond acceptors (Lipinski definition) is 3. The Labute approximate surface area is 66.7 Å². The molecule has 1 heterocycles. The van der Waals surface area contributed by atoms with Crippen molar-refractivity contribution in [2.45, 2.75) is 19.3 Å². The predicted molar refractivity (Wildman–Crippen MR) is 42.6 cm³/mol. The molecular weight excluding hydrogens is 142 g/mol. The molecule has 4 nitrogen and oxygen atoms in total. The van der Waals surface area contributed by atoms with Crippen LogP contribution in [0.15, 0.2) is 0 Å². The molecule has 0 unspecified atom stereocenters. The molecule has 0 atom stereocenters. The van der Waals surface area contributed by atoms with Crippen molar-refractivity contribution in [1.29, 1.82) is 0 Å². The molecule has 1 aliphatic heterocycles. The van der Waals surface area contributed by atoms with Crippen LogP contribution in [0.4, 0.5) is 0 Å². The van der Waals surface area contributed by atoms with E-state index in [1.54, 1.807) is 0 Å². The quantitative estimate of drug-likeness (QED) is 0.578. The number of rotatable bonds is 3. The van der Waals surface area contributed by atoms with E-state index in [9.17, 15) is 4.79 Å². The first-order valence-electron chi connectivity index (χ1n) is 4.07. The van der Waals surface area contributed by atoms with E-state index in [0.29, 0.717) is 13.0 Å². The van der Waals surface area contributed by atoms with Crippen LogP contribution in [0.5, 0.6) is 0 Å². The number of carbonyl (C=O) groups is 1. The van der Waals surface area contributed by atoms with Gasteiger partial charge in [-0.2, -0.15) is 0 Å². The van der Waals surface area contributed by atoms with Gasteiger partial charge in [0.2, 0.25) is 5.91 Å². The average molecular weight is 157 g/mol. The van der Waals surface area contributed by atoms with E-state index in [0.717, 1.165) is 25.9 Å². The molecule has 11 heavy (non-hydrogen) atoms. The van der Waals surface area contributed by atoms with Gasteiger partial charge < -0.3 is 5.73 Å². The molecule has 0 aromatic heterocycles. The Kier molecular flexibility index (Phi) is 3.32. The Hall–Kier alpha value is -0.610. The number of hydrogen-bond donors (Lipinski definition) is 2. The van der Waals surface area contributed by atoms with Gasteiger partial charge in [0.15, 0.2) is 0 Å². The zero-order valence-corrected chi connectivity index (χ0v) is 6.68. The van der Waals surface area contributed by atoms with Crippen LogP contribution in [-0.2, 0) is 4.79 Å². The highest BCUT2D eigenvalue weighted by Crippen LogP contribution is 2.00.